The number of aromatic nitrogens is 3. The van der Waals surface area contributed by atoms with Crippen LogP contribution in [0.25, 0.3) is 11.4 Å². The van der Waals surface area contributed by atoms with E-state index in [2.05, 4.69) is 15.1 Å². The molecule has 0 bridgehead atoms. The lowest BCUT2D eigenvalue weighted by atomic mass is 10.1. The number of nitrogens with zero attached hydrogens (tertiary/aromatic N) is 3. The maximum absolute atomic E-state index is 5.53. The van der Waals surface area contributed by atoms with Crippen LogP contribution in [0.1, 0.15) is 17.6 Å². The Labute approximate surface area is 98.8 Å². The minimum atomic E-state index is -0.367. The van der Waals surface area contributed by atoms with Gasteiger partial charge in [-0.3, -0.25) is 4.98 Å². The van der Waals surface area contributed by atoms with E-state index in [1.807, 2.05) is 13.0 Å². The molecule has 90 valence electrons. The van der Waals surface area contributed by atoms with Crippen molar-refractivity contribution in [1.82, 2.24) is 15.1 Å². The van der Waals surface area contributed by atoms with Crippen molar-refractivity contribution in [3.8, 4) is 11.4 Å². The van der Waals surface area contributed by atoms with Crippen LogP contribution in [0.4, 0.5) is 0 Å². The van der Waals surface area contributed by atoms with E-state index < -0.39 is 0 Å². The second kappa shape index (κ2) is 5.03. The van der Waals surface area contributed by atoms with Crippen molar-refractivity contribution >= 4 is 0 Å². The van der Waals surface area contributed by atoms with Gasteiger partial charge in [0.1, 0.15) is 6.10 Å². The highest BCUT2D eigenvalue weighted by Crippen LogP contribution is 2.21. The minimum absolute atomic E-state index is 0.296. The third-order valence-electron chi connectivity index (χ3n) is 2.50. The van der Waals surface area contributed by atoms with Crippen LogP contribution in [0.3, 0.4) is 0 Å². The molecule has 1 unspecified atom stereocenters. The van der Waals surface area contributed by atoms with Crippen LogP contribution in [0.2, 0.25) is 0 Å². The van der Waals surface area contributed by atoms with Crippen molar-refractivity contribution in [3.63, 3.8) is 0 Å². The first-order valence-corrected chi connectivity index (χ1v) is 5.23. The normalized spacial score (nSPS) is 12.6. The van der Waals surface area contributed by atoms with Crippen molar-refractivity contribution in [3.05, 3.63) is 29.9 Å². The molecule has 2 heterocycles. The Balaban J connectivity index is 2.33. The van der Waals surface area contributed by atoms with Crippen LogP contribution in [0.15, 0.2) is 23.0 Å². The molecule has 6 heteroatoms. The summed E-state index contributed by atoms with van der Waals surface area (Å²) in [6.07, 6.45) is 3.06. The van der Waals surface area contributed by atoms with Crippen LogP contribution >= 0.6 is 0 Å². The summed E-state index contributed by atoms with van der Waals surface area (Å²) < 4.78 is 10.3. The Bertz CT molecular complexity index is 494. The molecule has 1 atom stereocenters. The van der Waals surface area contributed by atoms with Crippen LogP contribution in [0.5, 0.6) is 0 Å². The molecule has 0 spiro atoms. The molecule has 0 fully saturated rings. The standard InChI is InChI=1S/C11H14N4O2/c1-7-3-4-13-6-8(7)10-14-11(17-15-10)9(5-12)16-2/h3-4,6,9H,5,12H2,1-2H3. The van der Waals surface area contributed by atoms with E-state index in [1.54, 1.807) is 19.5 Å². The van der Waals surface area contributed by atoms with Crippen LogP contribution < -0.4 is 5.73 Å². The Morgan fingerprint density at radius 1 is 1.53 bits per heavy atom. The van der Waals surface area contributed by atoms with E-state index in [-0.39, 0.29) is 6.10 Å². The lowest BCUT2D eigenvalue weighted by Crippen LogP contribution is -2.14. The molecule has 17 heavy (non-hydrogen) atoms. The molecule has 2 aromatic heterocycles. The van der Waals surface area contributed by atoms with E-state index in [0.29, 0.717) is 18.3 Å². The molecule has 6 nitrogen and oxygen atoms in total. The average Bonchev–Trinajstić information content (AvgIpc) is 2.81. The van der Waals surface area contributed by atoms with Gasteiger partial charge in [-0.1, -0.05) is 5.16 Å². The second-order valence-electron chi connectivity index (χ2n) is 3.61. The fraction of sp³-hybridized carbons (Fsp3) is 0.364. The van der Waals surface area contributed by atoms with Gasteiger partial charge in [0.2, 0.25) is 5.82 Å². The zero-order chi connectivity index (χ0) is 12.3. The zero-order valence-corrected chi connectivity index (χ0v) is 9.75. The van der Waals surface area contributed by atoms with Gasteiger partial charge >= 0.3 is 0 Å². The predicted octanol–water partition coefficient (Wildman–Crippen LogP) is 1.09. The Morgan fingerprint density at radius 3 is 3.00 bits per heavy atom. The first kappa shape index (κ1) is 11.7. The summed E-state index contributed by atoms with van der Waals surface area (Å²) in [5, 5.41) is 3.90. The topological polar surface area (TPSA) is 87.1 Å². The van der Waals surface area contributed by atoms with Gasteiger partial charge in [-0.2, -0.15) is 4.98 Å². The highest BCUT2D eigenvalue weighted by Gasteiger charge is 2.18. The van der Waals surface area contributed by atoms with Crippen LogP contribution in [-0.4, -0.2) is 28.8 Å². The third kappa shape index (κ3) is 2.32. The summed E-state index contributed by atoms with van der Waals surface area (Å²) in [5.74, 6) is 0.884. The predicted molar refractivity (Wildman–Crippen MR) is 61.1 cm³/mol. The highest BCUT2D eigenvalue weighted by atomic mass is 16.5. The number of aryl methyl sites for hydroxylation is 1. The minimum Gasteiger partial charge on any atom is -0.370 e. The van der Waals surface area contributed by atoms with Gasteiger partial charge in [-0.15, -0.1) is 0 Å². The number of pyridine rings is 1. The summed E-state index contributed by atoms with van der Waals surface area (Å²) >= 11 is 0. The number of ether oxygens (including phenoxy) is 1. The molecule has 2 rings (SSSR count). The van der Waals surface area contributed by atoms with Crippen molar-refractivity contribution in [2.24, 2.45) is 5.73 Å². The number of methoxy groups -OCH3 is 1. The molecule has 0 aliphatic rings. The quantitative estimate of drug-likeness (QED) is 0.851. The SMILES string of the molecule is COC(CN)c1nc(-c2cnccc2C)no1. The summed E-state index contributed by atoms with van der Waals surface area (Å²) in [6.45, 7) is 2.26. The Morgan fingerprint density at radius 2 is 2.35 bits per heavy atom. The Kier molecular flexibility index (Phi) is 3.46. The van der Waals surface area contributed by atoms with Crippen LogP contribution in [0, 0.1) is 6.92 Å². The highest BCUT2D eigenvalue weighted by molar-refractivity contribution is 5.57. The average molecular weight is 234 g/mol. The number of rotatable bonds is 4. The first-order chi connectivity index (χ1) is 8.26. The first-order valence-electron chi connectivity index (χ1n) is 5.23. The van der Waals surface area contributed by atoms with Crippen molar-refractivity contribution < 1.29 is 9.26 Å². The van der Waals surface area contributed by atoms with E-state index in [1.165, 1.54) is 0 Å². The maximum Gasteiger partial charge on any atom is 0.257 e. The monoisotopic (exact) mass is 234 g/mol. The summed E-state index contributed by atoms with van der Waals surface area (Å²) in [4.78, 5) is 8.30. The molecule has 0 radical (unpaired) electrons. The van der Waals surface area contributed by atoms with Gasteiger partial charge in [-0.25, -0.2) is 0 Å². The number of hydrogen-bond acceptors (Lipinski definition) is 6. The molecule has 0 aliphatic heterocycles. The second-order valence-corrected chi connectivity index (χ2v) is 3.61. The molecule has 0 saturated carbocycles. The number of hydrogen-bond donors (Lipinski definition) is 1. The molecule has 0 aromatic carbocycles. The van der Waals surface area contributed by atoms with Gasteiger partial charge in [0, 0.05) is 31.6 Å². The van der Waals surface area contributed by atoms with Gasteiger partial charge in [0.25, 0.3) is 5.89 Å². The maximum atomic E-state index is 5.53. The van der Waals surface area contributed by atoms with Crippen molar-refractivity contribution in [1.29, 1.82) is 0 Å². The molecular formula is C11H14N4O2. The molecule has 2 aromatic rings. The van der Waals surface area contributed by atoms with Gasteiger partial charge in [0.05, 0.1) is 0 Å². The van der Waals surface area contributed by atoms with Gasteiger partial charge in [0.15, 0.2) is 0 Å². The summed E-state index contributed by atoms with van der Waals surface area (Å²) in [7, 11) is 1.55. The Hall–Kier alpha value is -1.79. The molecule has 2 N–H and O–H groups in total. The summed E-state index contributed by atoms with van der Waals surface area (Å²) in [5.41, 5.74) is 7.41. The van der Waals surface area contributed by atoms with Crippen molar-refractivity contribution in [2.75, 3.05) is 13.7 Å². The molecular weight excluding hydrogens is 220 g/mol. The molecule has 0 amide bonds. The van der Waals surface area contributed by atoms with E-state index in [9.17, 15) is 0 Å². The van der Waals surface area contributed by atoms with E-state index >= 15 is 0 Å². The van der Waals surface area contributed by atoms with Gasteiger partial charge in [-0.05, 0) is 18.6 Å². The van der Waals surface area contributed by atoms with Crippen LogP contribution in [-0.2, 0) is 4.74 Å². The number of nitrogens with two attached hydrogens (primary N) is 1. The van der Waals surface area contributed by atoms with E-state index in [4.69, 9.17) is 15.0 Å². The zero-order valence-electron chi connectivity index (χ0n) is 9.75. The largest absolute Gasteiger partial charge is 0.370 e. The fourth-order valence-electron chi connectivity index (χ4n) is 1.47. The molecule has 0 saturated heterocycles. The molecule has 0 aliphatic carbocycles. The van der Waals surface area contributed by atoms with Crippen molar-refractivity contribution in [2.45, 2.75) is 13.0 Å². The lowest BCUT2D eigenvalue weighted by Gasteiger charge is -2.05. The summed E-state index contributed by atoms with van der Waals surface area (Å²) in [6, 6.07) is 1.89. The fourth-order valence-corrected chi connectivity index (χ4v) is 1.47. The van der Waals surface area contributed by atoms with Gasteiger partial charge < -0.3 is 15.0 Å². The lowest BCUT2D eigenvalue weighted by molar-refractivity contribution is 0.0804. The van der Waals surface area contributed by atoms with E-state index in [0.717, 1.165) is 11.1 Å². The smallest absolute Gasteiger partial charge is 0.257 e. The third-order valence-corrected chi connectivity index (χ3v) is 2.50.